The average molecular weight is 358 g/mol. The molecule has 2 aromatic heterocycles. The van der Waals surface area contributed by atoms with Crippen molar-refractivity contribution in [3.05, 3.63) is 48.0 Å². The van der Waals surface area contributed by atoms with E-state index in [1.54, 1.807) is 12.3 Å². The Morgan fingerprint density at radius 3 is 2.81 bits per heavy atom. The van der Waals surface area contributed by atoms with E-state index < -0.39 is 0 Å². The van der Waals surface area contributed by atoms with Crippen LogP contribution in [0, 0.1) is 0 Å². The summed E-state index contributed by atoms with van der Waals surface area (Å²) in [5.41, 5.74) is 1.43. The molecule has 1 aliphatic rings. The van der Waals surface area contributed by atoms with Crippen LogP contribution in [0.2, 0.25) is 0 Å². The number of rotatable bonds is 7. The molecule has 8 nitrogen and oxygen atoms in total. The highest BCUT2D eigenvalue weighted by Gasteiger charge is 2.13. The summed E-state index contributed by atoms with van der Waals surface area (Å²) >= 11 is 0. The number of furan rings is 1. The summed E-state index contributed by atoms with van der Waals surface area (Å²) in [6.07, 6.45) is 4.76. The van der Waals surface area contributed by atoms with Gasteiger partial charge >= 0.3 is 0 Å². The number of ether oxygens (including phenoxy) is 1. The molecule has 2 aromatic rings. The lowest BCUT2D eigenvalue weighted by Gasteiger charge is -2.28. The Balaban J connectivity index is 1.40. The zero-order chi connectivity index (χ0) is 18.2. The van der Waals surface area contributed by atoms with Gasteiger partial charge < -0.3 is 24.7 Å². The van der Waals surface area contributed by atoms with Gasteiger partial charge in [0.15, 0.2) is 0 Å². The number of carbonyl (C=O) groups excluding carboxylic acids is 2. The van der Waals surface area contributed by atoms with E-state index in [-0.39, 0.29) is 24.8 Å². The van der Waals surface area contributed by atoms with Crippen LogP contribution in [0.25, 0.3) is 0 Å². The highest BCUT2D eigenvalue weighted by atomic mass is 16.5. The van der Waals surface area contributed by atoms with Gasteiger partial charge in [-0.05, 0) is 23.8 Å². The van der Waals surface area contributed by atoms with Crippen LogP contribution in [0.4, 0.5) is 5.82 Å². The molecule has 2 N–H and O–H groups in total. The second-order valence-corrected chi connectivity index (χ2v) is 5.92. The van der Waals surface area contributed by atoms with Crippen molar-refractivity contribution < 1.29 is 18.7 Å². The van der Waals surface area contributed by atoms with Crippen LogP contribution in [0.1, 0.15) is 22.3 Å². The number of carbonyl (C=O) groups is 2. The smallest absolute Gasteiger partial charge is 0.254 e. The number of pyridine rings is 1. The van der Waals surface area contributed by atoms with Gasteiger partial charge in [0.1, 0.15) is 12.1 Å². The van der Waals surface area contributed by atoms with E-state index in [1.807, 2.05) is 12.1 Å². The third-order valence-electron chi connectivity index (χ3n) is 4.06. The van der Waals surface area contributed by atoms with E-state index in [0.29, 0.717) is 25.3 Å². The number of aromatic nitrogens is 1. The third-order valence-corrected chi connectivity index (χ3v) is 4.06. The fourth-order valence-corrected chi connectivity index (χ4v) is 2.61. The first-order valence-corrected chi connectivity index (χ1v) is 8.57. The topological polar surface area (TPSA) is 96.7 Å². The van der Waals surface area contributed by atoms with Crippen molar-refractivity contribution in [2.24, 2.45) is 0 Å². The van der Waals surface area contributed by atoms with E-state index in [1.165, 1.54) is 12.5 Å². The van der Waals surface area contributed by atoms with E-state index >= 15 is 0 Å². The SMILES string of the molecule is O=C(CCNC(=O)c1ccoc1)NCc1ccnc(N2CCOCC2)c1. The molecule has 26 heavy (non-hydrogen) atoms. The summed E-state index contributed by atoms with van der Waals surface area (Å²) in [5, 5.41) is 5.54. The molecule has 0 spiro atoms. The van der Waals surface area contributed by atoms with E-state index in [9.17, 15) is 9.59 Å². The first-order chi connectivity index (χ1) is 12.7. The Hall–Kier alpha value is -2.87. The highest BCUT2D eigenvalue weighted by Crippen LogP contribution is 2.14. The predicted octanol–water partition coefficient (Wildman–Crippen LogP) is 0.947. The molecule has 0 atom stereocenters. The van der Waals surface area contributed by atoms with Crippen LogP contribution >= 0.6 is 0 Å². The zero-order valence-electron chi connectivity index (χ0n) is 14.4. The molecule has 0 saturated carbocycles. The lowest BCUT2D eigenvalue weighted by Crippen LogP contribution is -2.36. The zero-order valence-corrected chi connectivity index (χ0v) is 14.4. The average Bonchev–Trinajstić information content (AvgIpc) is 3.22. The van der Waals surface area contributed by atoms with Crippen LogP contribution < -0.4 is 15.5 Å². The molecular weight excluding hydrogens is 336 g/mol. The Morgan fingerprint density at radius 1 is 1.19 bits per heavy atom. The van der Waals surface area contributed by atoms with Crippen molar-refractivity contribution in [3.8, 4) is 0 Å². The molecule has 0 radical (unpaired) electrons. The maximum Gasteiger partial charge on any atom is 0.254 e. The highest BCUT2D eigenvalue weighted by molar-refractivity contribution is 5.94. The largest absolute Gasteiger partial charge is 0.472 e. The number of amides is 2. The van der Waals surface area contributed by atoms with Gasteiger partial charge in [-0.2, -0.15) is 0 Å². The Bertz CT molecular complexity index is 727. The Labute approximate surface area is 151 Å². The van der Waals surface area contributed by atoms with E-state index in [2.05, 4.69) is 20.5 Å². The fraction of sp³-hybridized carbons (Fsp3) is 0.389. The number of hydrogen-bond acceptors (Lipinski definition) is 6. The maximum atomic E-state index is 11.9. The second-order valence-electron chi connectivity index (χ2n) is 5.92. The van der Waals surface area contributed by atoms with Crippen molar-refractivity contribution in [2.75, 3.05) is 37.7 Å². The molecule has 2 amide bonds. The number of anilines is 1. The molecule has 0 aliphatic carbocycles. The molecule has 138 valence electrons. The van der Waals surface area contributed by atoms with Crippen LogP contribution in [0.5, 0.6) is 0 Å². The second kappa shape index (κ2) is 9.00. The normalized spacial score (nSPS) is 14.1. The van der Waals surface area contributed by atoms with Gasteiger partial charge in [-0.1, -0.05) is 0 Å². The van der Waals surface area contributed by atoms with Gasteiger partial charge in [0.25, 0.3) is 5.91 Å². The number of hydrogen-bond donors (Lipinski definition) is 2. The van der Waals surface area contributed by atoms with Crippen molar-refractivity contribution in [2.45, 2.75) is 13.0 Å². The first kappa shape index (κ1) is 17.9. The lowest BCUT2D eigenvalue weighted by molar-refractivity contribution is -0.121. The quantitative estimate of drug-likeness (QED) is 0.765. The standard InChI is InChI=1S/C18H22N4O4/c23-17(2-5-20-18(24)15-3-8-26-13-15)21-12-14-1-4-19-16(11-14)22-6-9-25-10-7-22/h1,3-4,8,11,13H,2,5-7,9-10,12H2,(H,20,24)(H,21,23). The molecule has 0 unspecified atom stereocenters. The van der Waals surface area contributed by atoms with Gasteiger partial charge in [0.2, 0.25) is 5.91 Å². The summed E-state index contributed by atoms with van der Waals surface area (Å²) in [4.78, 5) is 30.2. The molecular formula is C18H22N4O4. The molecule has 3 rings (SSSR count). The minimum atomic E-state index is -0.254. The van der Waals surface area contributed by atoms with Crippen LogP contribution in [0.3, 0.4) is 0 Å². The maximum absolute atomic E-state index is 11.9. The minimum absolute atomic E-state index is 0.123. The Morgan fingerprint density at radius 2 is 2.04 bits per heavy atom. The fourth-order valence-electron chi connectivity index (χ4n) is 2.61. The van der Waals surface area contributed by atoms with Crippen LogP contribution in [-0.2, 0) is 16.1 Å². The monoisotopic (exact) mass is 358 g/mol. The van der Waals surface area contributed by atoms with Crippen molar-refractivity contribution in [3.63, 3.8) is 0 Å². The molecule has 3 heterocycles. The van der Waals surface area contributed by atoms with E-state index in [4.69, 9.17) is 9.15 Å². The van der Waals surface area contributed by atoms with Crippen molar-refractivity contribution >= 4 is 17.6 Å². The number of morpholine rings is 1. The van der Waals surface area contributed by atoms with Gasteiger partial charge in [-0.15, -0.1) is 0 Å². The van der Waals surface area contributed by atoms with Gasteiger partial charge in [0.05, 0.1) is 25.0 Å². The van der Waals surface area contributed by atoms with Crippen LogP contribution in [0.15, 0.2) is 41.3 Å². The summed E-state index contributed by atoms with van der Waals surface area (Å²) < 4.78 is 10.2. The number of nitrogens with one attached hydrogen (secondary N) is 2. The first-order valence-electron chi connectivity index (χ1n) is 8.57. The number of nitrogens with zero attached hydrogens (tertiary/aromatic N) is 2. The summed E-state index contributed by atoms with van der Waals surface area (Å²) in [5.74, 6) is 0.519. The predicted molar refractivity (Wildman–Crippen MR) is 94.8 cm³/mol. The lowest BCUT2D eigenvalue weighted by atomic mass is 10.2. The van der Waals surface area contributed by atoms with Gasteiger partial charge in [-0.25, -0.2) is 4.98 Å². The van der Waals surface area contributed by atoms with Crippen LogP contribution in [-0.4, -0.2) is 49.6 Å². The minimum Gasteiger partial charge on any atom is -0.472 e. The molecule has 0 bridgehead atoms. The third kappa shape index (κ3) is 5.06. The summed E-state index contributed by atoms with van der Waals surface area (Å²) in [6, 6.07) is 5.43. The van der Waals surface area contributed by atoms with Crippen molar-refractivity contribution in [1.29, 1.82) is 0 Å². The summed E-state index contributed by atoms with van der Waals surface area (Å²) in [7, 11) is 0. The van der Waals surface area contributed by atoms with Gasteiger partial charge in [0, 0.05) is 38.8 Å². The Kier molecular flexibility index (Phi) is 6.21. The van der Waals surface area contributed by atoms with Crippen molar-refractivity contribution in [1.82, 2.24) is 15.6 Å². The molecule has 1 fully saturated rings. The summed E-state index contributed by atoms with van der Waals surface area (Å²) in [6.45, 7) is 3.73. The molecule has 1 saturated heterocycles. The van der Waals surface area contributed by atoms with Gasteiger partial charge in [-0.3, -0.25) is 9.59 Å². The molecule has 0 aromatic carbocycles. The molecule has 8 heteroatoms. The molecule has 1 aliphatic heterocycles. The van der Waals surface area contributed by atoms with E-state index in [0.717, 1.165) is 24.5 Å².